The Morgan fingerprint density at radius 1 is 1.32 bits per heavy atom. The number of aromatic nitrogens is 2. The summed E-state index contributed by atoms with van der Waals surface area (Å²) in [7, 11) is 6.70. The fourth-order valence-corrected chi connectivity index (χ4v) is 3.71. The highest BCUT2D eigenvalue weighted by Gasteiger charge is 2.24. The average molecular weight is 530 g/mol. The minimum Gasteiger partial charge on any atom is -0.494 e. The lowest BCUT2D eigenvalue weighted by Crippen LogP contribution is -2.34. The SMILES string of the molecule is COCC(CN(C)C)Oc1cc(OC)c(Nc2ncc(Cl)c(/C(C=N)=C3\C=CC=CN3)n2)cc1[N+](=O)[O-]. The van der Waals surface area contributed by atoms with Gasteiger partial charge in [-0.05, 0) is 26.2 Å². The molecule has 0 spiro atoms. The summed E-state index contributed by atoms with van der Waals surface area (Å²) in [5, 5.41) is 26.0. The number of likely N-dealkylation sites (N-methyl/N-ethyl adjacent to an activating group) is 1. The van der Waals surface area contributed by atoms with E-state index in [1.165, 1.54) is 32.5 Å². The van der Waals surface area contributed by atoms with Crippen LogP contribution in [0, 0.1) is 15.5 Å². The van der Waals surface area contributed by atoms with Crippen LogP contribution in [0.5, 0.6) is 11.5 Å². The number of nitrogens with zero attached hydrogens (tertiary/aromatic N) is 4. The zero-order valence-corrected chi connectivity index (χ0v) is 21.6. The van der Waals surface area contributed by atoms with Crippen LogP contribution >= 0.6 is 11.6 Å². The lowest BCUT2D eigenvalue weighted by atomic mass is 10.1. The predicted octanol–water partition coefficient (Wildman–Crippen LogP) is 3.78. The molecule has 12 nitrogen and oxygen atoms in total. The number of hydrogen-bond acceptors (Lipinski definition) is 11. The summed E-state index contributed by atoms with van der Waals surface area (Å²) in [5.74, 6) is 0.406. The maximum absolute atomic E-state index is 11.9. The number of ether oxygens (including phenoxy) is 3. The summed E-state index contributed by atoms with van der Waals surface area (Å²) in [6.45, 7) is 0.725. The van der Waals surface area contributed by atoms with Gasteiger partial charge in [-0.1, -0.05) is 17.7 Å². The Morgan fingerprint density at radius 3 is 2.70 bits per heavy atom. The van der Waals surface area contributed by atoms with Crippen molar-refractivity contribution >= 4 is 40.7 Å². The van der Waals surface area contributed by atoms with Crippen LogP contribution in [0.2, 0.25) is 5.02 Å². The van der Waals surface area contributed by atoms with Crippen LogP contribution in [-0.2, 0) is 4.74 Å². The molecule has 1 aliphatic rings. The lowest BCUT2D eigenvalue weighted by Gasteiger charge is -2.22. The Bertz CT molecular complexity index is 1250. The number of nitro groups is 1. The number of anilines is 2. The zero-order valence-electron chi connectivity index (χ0n) is 20.8. The minimum absolute atomic E-state index is 0.0352. The van der Waals surface area contributed by atoms with Crippen molar-refractivity contribution in [2.45, 2.75) is 6.10 Å². The molecule has 3 N–H and O–H groups in total. The number of nitrogens with one attached hydrogen (secondary N) is 3. The Kier molecular flexibility index (Phi) is 9.55. The van der Waals surface area contributed by atoms with Gasteiger partial charge in [0.15, 0.2) is 0 Å². The number of methoxy groups -OCH3 is 2. The van der Waals surface area contributed by atoms with Crippen molar-refractivity contribution in [2.24, 2.45) is 0 Å². The van der Waals surface area contributed by atoms with Crippen LogP contribution in [0.3, 0.4) is 0 Å². The molecule has 3 rings (SSSR count). The first kappa shape index (κ1) is 27.6. The van der Waals surface area contributed by atoms with Gasteiger partial charge in [0.05, 0.1) is 41.2 Å². The van der Waals surface area contributed by atoms with Crippen molar-refractivity contribution in [1.29, 1.82) is 5.41 Å². The number of nitro benzene ring substituents is 1. The second kappa shape index (κ2) is 12.8. The topological polar surface area (TPSA) is 148 Å². The molecule has 0 saturated carbocycles. The quantitative estimate of drug-likeness (QED) is 0.211. The van der Waals surface area contributed by atoms with Gasteiger partial charge in [0.1, 0.15) is 11.9 Å². The fourth-order valence-electron chi connectivity index (χ4n) is 3.52. The number of dihydropyridines is 1. The van der Waals surface area contributed by atoms with Gasteiger partial charge in [0.25, 0.3) is 0 Å². The maximum atomic E-state index is 11.9. The first-order valence-corrected chi connectivity index (χ1v) is 11.5. The Morgan fingerprint density at radius 2 is 2.11 bits per heavy atom. The highest BCUT2D eigenvalue weighted by atomic mass is 35.5. The summed E-state index contributed by atoms with van der Waals surface area (Å²) >= 11 is 6.34. The van der Waals surface area contributed by atoms with Crippen molar-refractivity contribution in [2.75, 3.05) is 46.8 Å². The van der Waals surface area contributed by atoms with Crippen LogP contribution in [0.25, 0.3) is 5.57 Å². The fraction of sp³-hybridized carbons (Fsp3) is 0.292. The van der Waals surface area contributed by atoms with Crippen molar-refractivity contribution in [3.05, 3.63) is 69.3 Å². The Balaban J connectivity index is 1.99. The number of allylic oxidation sites excluding steroid dienone is 4. The molecule has 0 saturated heterocycles. The van der Waals surface area contributed by atoms with Gasteiger partial charge < -0.3 is 35.2 Å². The van der Waals surface area contributed by atoms with Gasteiger partial charge in [-0.3, -0.25) is 10.1 Å². The molecule has 37 heavy (non-hydrogen) atoms. The molecule has 2 heterocycles. The van der Waals surface area contributed by atoms with E-state index in [0.717, 1.165) is 6.21 Å². The largest absolute Gasteiger partial charge is 0.494 e. The predicted molar refractivity (Wildman–Crippen MR) is 142 cm³/mol. The van der Waals surface area contributed by atoms with E-state index in [1.54, 1.807) is 12.3 Å². The van der Waals surface area contributed by atoms with E-state index >= 15 is 0 Å². The standard InChI is InChI=1S/C24H28ClN7O5/c1-31(2)13-15(14-35-3)37-22-10-21(36-4)19(9-20(22)32(33)34)29-24-28-12-17(25)23(30-24)16(11-26)18-7-5-6-8-27-18/h5-12,15,26-27H,13-14H2,1-4H3,(H,28,29,30)/b18-16+,26-11?. The van der Waals surface area contributed by atoms with Crippen LogP contribution in [0.15, 0.2) is 48.5 Å². The monoisotopic (exact) mass is 529 g/mol. The lowest BCUT2D eigenvalue weighted by molar-refractivity contribution is -0.386. The van der Waals surface area contributed by atoms with Crippen molar-refractivity contribution in [3.8, 4) is 11.5 Å². The summed E-state index contributed by atoms with van der Waals surface area (Å²) in [6.07, 6.45) is 9.19. The molecular formula is C24H28ClN7O5. The smallest absolute Gasteiger partial charge is 0.313 e. The van der Waals surface area contributed by atoms with E-state index in [9.17, 15) is 10.1 Å². The van der Waals surface area contributed by atoms with E-state index in [4.69, 9.17) is 31.2 Å². The van der Waals surface area contributed by atoms with Crippen molar-refractivity contribution in [1.82, 2.24) is 20.2 Å². The molecule has 196 valence electrons. The number of halogens is 1. The minimum atomic E-state index is -0.542. The van der Waals surface area contributed by atoms with Crippen LogP contribution in [0.1, 0.15) is 5.69 Å². The molecule has 0 fully saturated rings. The molecule has 1 unspecified atom stereocenters. The molecule has 0 aliphatic carbocycles. The Labute approximate surface area is 219 Å². The van der Waals surface area contributed by atoms with E-state index in [2.05, 4.69) is 20.6 Å². The summed E-state index contributed by atoms with van der Waals surface area (Å²) < 4.78 is 16.6. The molecule has 2 aromatic rings. The van der Waals surface area contributed by atoms with E-state index in [0.29, 0.717) is 23.5 Å². The normalized spacial score (nSPS) is 14.6. The third kappa shape index (κ3) is 7.03. The highest BCUT2D eigenvalue weighted by Crippen LogP contribution is 2.39. The maximum Gasteiger partial charge on any atom is 0.313 e. The van der Waals surface area contributed by atoms with Crippen LogP contribution < -0.4 is 20.1 Å². The number of rotatable bonds is 12. The highest BCUT2D eigenvalue weighted by molar-refractivity contribution is 6.33. The van der Waals surface area contributed by atoms with E-state index < -0.39 is 11.0 Å². The van der Waals surface area contributed by atoms with E-state index in [1.807, 2.05) is 31.1 Å². The van der Waals surface area contributed by atoms with Crippen molar-refractivity contribution in [3.63, 3.8) is 0 Å². The zero-order chi connectivity index (χ0) is 26.9. The second-order valence-corrected chi connectivity index (χ2v) is 8.49. The second-order valence-electron chi connectivity index (χ2n) is 8.08. The van der Waals surface area contributed by atoms with Gasteiger partial charge in [-0.2, -0.15) is 0 Å². The molecule has 0 radical (unpaired) electrons. The van der Waals surface area contributed by atoms with Crippen molar-refractivity contribution < 1.29 is 19.1 Å². The van der Waals surface area contributed by atoms with Gasteiger partial charge in [0.2, 0.25) is 11.7 Å². The van der Waals surface area contributed by atoms with Gasteiger partial charge in [-0.15, -0.1) is 0 Å². The summed E-state index contributed by atoms with van der Waals surface area (Å²) in [5.41, 5.74) is 1.33. The van der Waals surface area contributed by atoms with Gasteiger partial charge in [-0.25, -0.2) is 9.97 Å². The summed E-state index contributed by atoms with van der Waals surface area (Å²) in [6, 6.07) is 2.72. The third-order valence-electron chi connectivity index (χ3n) is 5.08. The molecule has 13 heteroatoms. The molecular weight excluding hydrogens is 502 g/mol. The molecule has 1 aromatic carbocycles. The van der Waals surface area contributed by atoms with Gasteiger partial charge in [0, 0.05) is 49.5 Å². The van der Waals surface area contributed by atoms with E-state index in [-0.39, 0.29) is 40.5 Å². The number of hydrogen-bond donors (Lipinski definition) is 3. The molecule has 1 atom stereocenters. The molecule has 1 aromatic heterocycles. The first-order chi connectivity index (χ1) is 17.8. The number of benzene rings is 1. The van der Waals surface area contributed by atoms with Gasteiger partial charge >= 0.3 is 5.69 Å². The Hall–Kier alpha value is -4.00. The molecule has 0 bridgehead atoms. The van der Waals surface area contributed by atoms with Crippen LogP contribution in [0.4, 0.5) is 17.3 Å². The average Bonchev–Trinajstić information content (AvgIpc) is 2.87. The third-order valence-corrected chi connectivity index (χ3v) is 5.36. The molecule has 0 amide bonds. The van der Waals surface area contributed by atoms with Crippen LogP contribution in [-0.4, -0.2) is 73.6 Å². The molecule has 1 aliphatic heterocycles. The first-order valence-electron chi connectivity index (χ1n) is 11.1. The summed E-state index contributed by atoms with van der Waals surface area (Å²) in [4.78, 5) is 21.9.